The molecule has 13 heteroatoms. The Kier molecular flexibility index (Phi) is 7.41. The number of nitrogens with zero attached hydrogens (tertiary/aromatic N) is 3. The van der Waals surface area contributed by atoms with E-state index in [0.29, 0.717) is 32.2 Å². The van der Waals surface area contributed by atoms with Crippen LogP contribution in [0.5, 0.6) is 0 Å². The van der Waals surface area contributed by atoms with Gasteiger partial charge in [0.25, 0.3) is 10.0 Å². The van der Waals surface area contributed by atoms with E-state index in [9.17, 15) is 31.5 Å². The molecule has 4 rings (SSSR count). The average Bonchev–Trinajstić information content (AvgIpc) is 3.37. The number of sulfonamides is 1. The standard InChI is InChI=1S/C23H29F3N4O4S2/c1-16-12-27-20(31)15-28(16)13-19-14-29(36(33,34)21-4-3-11-35-21)9-10-30(19)18-7-5-17(6-8-18)22(2,32)23(24,25)26/h3-8,11,16,19,32H,9-10,12-15H2,1-2H3,(H,27,31)/t16-,19+,22+/m1/s1. The molecule has 3 heterocycles. The number of carbonyl (C=O) groups excluding carboxylic acids is 1. The van der Waals surface area contributed by atoms with Gasteiger partial charge in [-0.25, -0.2) is 8.42 Å². The summed E-state index contributed by atoms with van der Waals surface area (Å²) in [7, 11) is -3.70. The Balaban J connectivity index is 1.61. The van der Waals surface area contributed by atoms with E-state index in [-0.39, 0.29) is 47.4 Å². The van der Waals surface area contributed by atoms with Crippen LogP contribution in [-0.4, -0.2) is 86.2 Å². The zero-order valence-electron chi connectivity index (χ0n) is 19.9. The molecule has 2 aliphatic heterocycles. The van der Waals surface area contributed by atoms with Crippen molar-refractivity contribution in [2.45, 2.75) is 41.9 Å². The molecule has 0 radical (unpaired) electrons. The fourth-order valence-electron chi connectivity index (χ4n) is 4.52. The number of piperazine rings is 2. The van der Waals surface area contributed by atoms with Gasteiger partial charge in [0.15, 0.2) is 5.60 Å². The van der Waals surface area contributed by atoms with Crippen LogP contribution in [0.3, 0.4) is 0 Å². The molecule has 0 aliphatic carbocycles. The molecule has 2 aliphatic rings. The molecule has 0 spiro atoms. The van der Waals surface area contributed by atoms with Crippen LogP contribution in [0, 0.1) is 0 Å². The Bertz CT molecular complexity index is 1170. The first kappa shape index (κ1) is 26.9. The van der Waals surface area contributed by atoms with E-state index in [4.69, 9.17) is 0 Å². The summed E-state index contributed by atoms with van der Waals surface area (Å²) >= 11 is 1.14. The van der Waals surface area contributed by atoms with E-state index in [1.54, 1.807) is 17.5 Å². The second-order valence-corrected chi connectivity index (χ2v) is 12.5. The summed E-state index contributed by atoms with van der Waals surface area (Å²) in [5.74, 6) is -0.114. The molecule has 1 aromatic carbocycles. The van der Waals surface area contributed by atoms with Crippen molar-refractivity contribution in [2.24, 2.45) is 0 Å². The summed E-state index contributed by atoms with van der Waals surface area (Å²) in [6.45, 7) is 4.41. The summed E-state index contributed by atoms with van der Waals surface area (Å²) in [4.78, 5) is 16.0. The quantitative estimate of drug-likeness (QED) is 0.578. The van der Waals surface area contributed by atoms with Crippen LogP contribution in [0.4, 0.5) is 18.9 Å². The molecule has 36 heavy (non-hydrogen) atoms. The van der Waals surface area contributed by atoms with Gasteiger partial charge in [0, 0.05) is 44.5 Å². The van der Waals surface area contributed by atoms with Gasteiger partial charge in [0.2, 0.25) is 5.91 Å². The van der Waals surface area contributed by atoms with Gasteiger partial charge in [0.05, 0.1) is 12.6 Å². The SMILES string of the molecule is C[C@@H]1CNC(=O)CN1C[C@H]1CN(S(=O)(=O)c2cccs2)CCN1c1ccc([C@](C)(O)C(F)(F)F)cc1. The molecular formula is C23H29F3N4O4S2. The van der Waals surface area contributed by atoms with Crippen LogP contribution in [0.1, 0.15) is 19.4 Å². The minimum Gasteiger partial charge on any atom is -0.376 e. The number of hydrogen-bond donors (Lipinski definition) is 2. The number of anilines is 1. The smallest absolute Gasteiger partial charge is 0.376 e. The van der Waals surface area contributed by atoms with Crippen molar-refractivity contribution in [3.8, 4) is 0 Å². The van der Waals surface area contributed by atoms with E-state index in [0.717, 1.165) is 11.3 Å². The zero-order valence-corrected chi connectivity index (χ0v) is 21.5. The molecule has 0 saturated carbocycles. The van der Waals surface area contributed by atoms with Gasteiger partial charge < -0.3 is 15.3 Å². The lowest BCUT2D eigenvalue weighted by molar-refractivity contribution is -0.258. The Morgan fingerprint density at radius 2 is 1.86 bits per heavy atom. The number of amides is 1. The van der Waals surface area contributed by atoms with E-state index < -0.39 is 21.8 Å². The van der Waals surface area contributed by atoms with Gasteiger partial charge in [-0.3, -0.25) is 9.69 Å². The highest BCUT2D eigenvalue weighted by molar-refractivity contribution is 7.91. The Hall–Kier alpha value is -2.19. The zero-order chi connectivity index (χ0) is 26.3. The molecule has 2 saturated heterocycles. The number of benzene rings is 1. The number of carbonyl (C=O) groups is 1. The minimum atomic E-state index is -4.83. The van der Waals surface area contributed by atoms with Crippen LogP contribution in [0.15, 0.2) is 46.0 Å². The molecular weight excluding hydrogens is 517 g/mol. The largest absolute Gasteiger partial charge is 0.421 e. The highest BCUT2D eigenvalue weighted by Gasteiger charge is 2.51. The first-order valence-electron chi connectivity index (χ1n) is 11.5. The molecule has 198 valence electrons. The van der Waals surface area contributed by atoms with E-state index >= 15 is 0 Å². The Morgan fingerprint density at radius 1 is 1.17 bits per heavy atom. The van der Waals surface area contributed by atoms with Crippen LogP contribution in [0.2, 0.25) is 0 Å². The lowest BCUT2D eigenvalue weighted by Gasteiger charge is -2.45. The third-order valence-electron chi connectivity index (χ3n) is 6.86. The first-order valence-corrected chi connectivity index (χ1v) is 13.8. The molecule has 2 N–H and O–H groups in total. The van der Waals surface area contributed by atoms with E-state index in [1.165, 1.54) is 28.6 Å². The lowest BCUT2D eigenvalue weighted by Crippen LogP contribution is -2.62. The number of halogens is 3. The van der Waals surface area contributed by atoms with Crippen molar-refractivity contribution < 1.29 is 31.5 Å². The maximum Gasteiger partial charge on any atom is 0.421 e. The molecule has 0 bridgehead atoms. The van der Waals surface area contributed by atoms with Crippen molar-refractivity contribution in [3.63, 3.8) is 0 Å². The van der Waals surface area contributed by atoms with Gasteiger partial charge >= 0.3 is 6.18 Å². The minimum absolute atomic E-state index is 0.0399. The summed E-state index contributed by atoms with van der Waals surface area (Å²) in [5.41, 5.74) is -2.66. The molecule has 2 aromatic rings. The molecule has 3 atom stereocenters. The van der Waals surface area contributed by atoms with Crippen molar-refractivity contribution >= 4 is 33.0 Å². The predicted octanol–water partition coefficient (Wildman–Crippen LogP) is 2.22. The number of aliphatic hydroxyl groups is 1. The van der Waals surface area contributed by atoms with Crippen LogP contribution >= 0.6 is 11.3 Å². The topological polar surface area (TPSA) is 93.2 Å². The number of hydrogen-bond acceptors (Lipinski definition) is 7. The van der Waals surface area contributed by atoms with Crippen LogP contribution < -0.4 is 10.2 Å². The normalized spacial score (nSPS) is 24.4. The lowest BCUT2D eigenvalue weighted by atomic mass is 9.95. The molecule has 0 unspecified atom stereocenters. The summed E-state index contributed by atoms with van der Waals surface area (Å²) < 4.78 is 67.9. The fraction of sp³-hybridized carbons (Fsp3) is 0.522. The molecule has 8 nitrogen and oxygen atoms in total. The van der Waals surface area contributed by atoms with Crippen LogP contribution in [0.25, 0.3) is 0 Å². The Morgan fingerprint density at radius 3 is 2.47 bits per heavy atom. The van der Waals surface area contributed by atoms with Gasteiger partial charge in [-0.1, -0.05) is 18.2 Å². The fourth-order valence-corrected chi connectivity index (χ4v) is 7.13. The number of rotatable bonds is 6. The number of thiophene rings is 1. The van der Waals surface area contributed by atoms with Gasteiger partial charge in [-0.15, -0.1) is 11.3 Å². The summed E-state index contributed by atoms with van der Waals surface area (Å²) in [6.07, 6.45) is -4.83. The monoisotopic (exact) mass is 546 g/mol. The molecule has 1 aromatic heterocycles. The average molecular weight is 547 g/mol. The third-order valence-corrected chi connectivity index (χ3v) is 10.1. The molecule has 2 fully saturated rings. The van der Waals surface area contributed by atoms with Crippen molar-refractivity contribution in [1.29, 1.82) is 0 Å². The summed E-state index contributed by atoms with van der Waals surface area (Å²) in [5, 5.41) is 14.5. The van der Waals surface area contributed by atoms with Crippen LogP contribution in [-0.2, 0) is 20.4 Å². The van der Waals surface area contributed by atoms with Gasteiger partial charge in [0.1, 0.15) is 4.21 Å². The van der Waals surface area contributed by atoms with Crippen molar-refractivity contribution in [1.82, 2.24) is 14.5 Å². The first-order chi connectivity index (χ1) is 16.8. The van der Waals surface area contributed by atoms with E-state index in [1.807, 2.05) is 16.7 Å². The number of alkyl halides is 3. The maximum atomic E-state index is 13.3. The summed E-state index contributed by atoms with van der Waals surface area (Å²) in [6, 6.07) is 8.43. The molecule has 1 amide bonds. The third kappa shape index (κ3) is 5.25. The van der Waals surface area contributed by atoms with Crippen molar-refractivity contribution in [2.75, 3.05) is 44.2 Å². The second kappa shape index (κ2) is 9.93. The highest BCUT2D eigenvalue weighted by Crippen LogP contribution is 2.39. The second-order valence-electron chi connectivity index (χ2n) is 9.34. The predicted molar refractivity (Wildman–Crippen MR) is 130 cm³/mol. The van der Waals surface area contributed by atoms with E-state index in [2.05, 4.69) is 5.32 Å². The Labute approximate surface area is 212 Å². The van der Waals surface area contributed by atoms with Gasteiger partial charge in [-0.2, -0.15) is 17.5 Å². The highest BCUT2D eigenvalue weighted by atomic mass is 32.2. The maximum absolute atomic E-state index is 13.3. The van der Waals surface area contributed by atoms with Gasteiger partial charge in [-0.05, 0) is 43.0 Å². The number of nitrogens with one attached hydrogen (secondary N) is 1. The van der Waals surface area contributed by atoms with Crippen molar-refractivity contribution in [3.05, 3.63) is 47.3 Å².